The van der Waals surface area contributed by atoms with E-state index in [1.165, 1.54) is 4.90 Å². The van der Waals surface area contributed by atoms with E-state index in [1.807, 2.05) is 13.0 Å². The monoisotopic (exact) mass is 352 g/mol. The summed E-state index contributed by atoms with van der Waals surface area (Å²) in [6, 6.07) is 14.0. The summed E-state index contributed by atoms with van der Waals surface area (Å²) in [6.07, 6.45) is 0. The third kappa shape index (κ3) is 3.18. The van der Waals surface area contributed by atoms with Crippen LogP contribution in [0.3, 0.4) is 0 Å². The van der Waals surface area contributed by atoms with Crippen LogP contribution in [0, 0.1) is 6.92 Å². The van der Waals surface area contributed by atoms with E-state index in [0.717, 1.165) is 5.56 Å². The van der Waals surface area contributed by atoms with E-state index >= 15 is 0 Å². The van der Waals surface area contributed by atoms with Gasteiger partial charge < -0.3 is 10.1 Å². The van der Waals surface area contributed by atoms with Crippen molar-refractivity contribution in [1.82, 2.24) is 0 Å². The number of ether oxygens (including phenoxy) is 1. The molecule has 134 valence electrons. The fourth-order valence-corrected chi connectivity index (χ4v) is 2.95. The van der Waals surface area contributed by atoms with Crippen LogP contribution in [0.2, 0.25) is 0 Å². The highest BCUT2D eigenvalue weighted by atomic mass is 16.5. The molecular weight excluding hydrogens is 332 g/mol. The van der Waals surface area contributed by atoms with Crippen LogP contribution in [0.5, 0.6) is 0 Å². The maximum Gasteiger partial charge on any atom is 0.338 e. The second-order valence-corrected chi connectivity index (χ2v) is 6.71. The molecule has 2 amide bonds. The summed E-state index contributed by atoms with van der Waals surface area (Å²) in [5.41, 5.74) is 1.34. The Bertz CT molecular complexity index is 889. The molecule has 2 aromatic carbocycles. The Hall–Kier alpha value is -3.15. The summed E-state index contributed by atoms with van der Waals surface area (Å²) in [4.78, 5) is 38.7. The minimum Gasteiger partial charge on any atom is -0.452 e. The predicted molar refractivity (Wildman–Crippen MR) is 98.1 cm³/mol. The van der Waals surface area contributed by atoms with Crippen LogP contribution in [0.15, 0.2) is 48.5 Å². The summed E-state index contributed by atoms with van der Waals surface area (Å²) < 4.78 is 5.18. The molecule has 2 aromatic rings. The van der Waals surface area contributed by atoms with Gasteiger partial charge in [0.25, 0.3) is 5.91 Å². The highest BCUT2D eigenvalue weighted by Gasteiger charge is 2.43. The SMILES string of the molecule is Cc1cccc(C(=O)OCC(=O)N2c3ccccc3NC(=O)C2(C)C)c1. The average molecular weight is 352 g/mol. The molecule has 0 spiro atoms. The van der Waals surface area contributed by atoms with Crippen molar-refractivity contribution in [2.24, 2.45) is 0 Å². The van der Waals surface area contributed by atoms with Gasteiger partial charge in [-0.25, -0.2) is 4.79 Å². The molecular formula is C20H20N2O4. The molecule has 3 rings (SSSR count). The lowest BCUT2D eigenvalue weighted by atomic mass is 9.96. The largest absolute Gasteiger partial charge is 0.452 e. The van der Waals surface area contributed by atoms with E-state index in [9.17, 15) is 14.4 Å². The number of rotatable bonds is 3. The van der Waals surface area contributed by atoms with Crippen molar-refractivity contribution in [3.8, 4) is 0 Å². The smallest absolute Gasteiger partial charge is 0.338 e. The maximum absolute atomic E-state index is 12.8. The molecule has 1 aliphatic heterocycles. The topological polar surface area (TPSA) is 75.7 Å². The summed E-state index contributed by atoms with van der Waals surface area (Å²) in [5.74, 6) is -1.33. The Morgan fingerprint density at radius 1 is 1.12 bits per heavy atom. The first-order valence-electron chi connectivity index (χ1n) is 8.28. The van der Waals surface area contributed by atoms with Crippen LogP contribution in [-0.4, -0.2) is 29.9 Å². The number of amides is 2. The lowest BCUT2D eigenvalue weighted by molar-refractivity contribution is -0.128. The Labute approximate surface area is 151 Å². The summed E-state index contributed by atoms with van der Waals surface area (Å²) >= 11 is 0. The zero-order valence-corrected chi connectivity index (χ0v) is 14.9. The highest BCUT2D eigenvalue weighted by molar-refractivity contribution is 6.14. The van der Waals surface area contributed by atoms with Crippen LogP contribution in [0.4, 0.5) is 11.4 Å². The van der Waals surface area contributed by atoms with Gasteiger partial charge in [0.15, 0.2) is 6.61 Å². The first-order valence-corrected chi connectivity index (χ1v) is 8.28. The van der Waals surface area contributed by atoms with Gasteiger partial charge in [-0.1, -0.05) is 29.8 Å². The number of esters is 1. The van der Waals surface area contributed by atoms with E-state index < -0.39 is 24.0 Å². The number of carbonyl (C=O) groups excluding carboxylic acids is 3. The number of hydrogen-bond acceptors (Lipinski definition) is 4. The fourth-order valence-electron chi connectivity index (χ4n) is 2.95. The van der Waals surface area contributed by atoms with E-state index in [4.69, 9.17) is 4.74 Å². The number of carbonyl (C=O) groups is 3. The molecule has 26 heavy (non-hydrogen) atoms. The lowest BCUT2D eigenvalue weighted by Crippen LogP contribution is -2.59. The maximum atomic E-state index is 12.8. The van der Waals surface area contributed by atoms with Crippen LogP contribution in [-0.2, 0) is 14.3 Å². The van der Waals surface area contributed by atoms with Crippen LogP contribution in [0.25, 0.3) is 0 Å². The van der Waals surface area contributed by atoms with Gasteiger partial charge in [-0.2, -0.15) is 0 Å². The predicted octanol–water partition coefficient (Wildman–Crippen LogP) is 2.92. The molecule has 0 saturated carbocycles. The molecule has 0 radical (unpaired) electrons. The van der Waals surface area contributed by atoms with Crippen LogP contribution >= 0.6 is 0 Å². The molecule has 0 atom stereocenters. The average Bonchev–Trinajstić information content (AvgIpc) is 2.60. The summed E-state index contributed by atoms with van der Waals surface area (Å²) in [5, 5.41) is 2.79. The summed E-state index contributed by atoms with van der Waals surface area (Å²) in [6.45, 7) is 4.72. The van der Waals surface area contributed by atoms with Crippen molar-refractivity contribution in [3.05, 3.63) is 59.7 Å². The lowest BCUT2D eigenvalue weighted by Gasteiger charge is -2.41. The fraction of sp³-hybridized carbons (Fsp3) is 0.250. The highest BCUT2D eigenvalue weighted by Crippen LogP contribution is 2.36. The Kier molecular flexibility index (Phi) is 4.50. The van der Waals surface area contributed by atoms with E-state index in [-0.39, 0.29) is 5.91 Å². The number of aryl methyl sites for hydroxylation is 1. The van der Waals surface area contributed by atoms with Crippen molar-refractivity contribution in [1.29, 1.82) is 0 Å². The zero-order valence-electron chi connectivity index (χ0n) is 14.9. The third-order valence-corrected chi connectivity index (χ3v) is 4.34. The molecule has 6 nitrogen and oxygen atoms in total. The molecule has 0 saturated heterocycles. The van der Waals surface area contributed by atoms with Gasteiger partial charge in [-0.05, 0) is 45.0 Å². The number of para-hydroxylation sites is 2. The molecule has 1 aliphatic rings. The molecule has 0 unspecified atom stereocenters. The Morgan fingerprint density at radius 2 is 1.85 bits per heavy atom. The number of nitrogens with zero attached hydrogens (tertiary/aromatic N) is 1. The van der Waals surface area contributed by atoms with Crippen molar-refractivity contribution in [2.75, 3.05) is 16.8 Å². The number of benzene rings is 2. The van der Waals surface area contributed by atoms with Gasteiger partial charge in [0.05, 0.1) is 16.9 Å². The minimum atomic E-state index is -1.10. The van der Waals surface area contributed by atoms with E-state index in [1.54, 1.807) is 56.3 Å². The minimum absolute atomic E-state index is 0.297. The quantitative estimate of drug-likeness (QED) is 0.862. The normalized spacial score (nSPS) is 15.0. The van der Waals surface area contributed by atoms with Crippen molar-refractivity contribution in [2.45, 2.75) is 26.3 Å². The van der Waals surface area contributed by atoms with Gasteiger partial charge in [0.2, 0.25) is 5.91 Å². The van der Waals surface area contributed by atoms with Gasteiger partial charge in [0.1, 0.15) is 5.54 Å². The summed E-state index contributed by atoms with van der Waals surface area (Å²) in [7, 11) is 0. The standard InChI is InChI=1S/C20H20N2O4/c1-13-7-6-8-14(11-13)18(24)26-12-17(23)22-16-10-5-4-9-15(16)21-19(25)20(22,2)3/h4-11H,12H2,1-3H3,(H,21,25). The second-order valence-electron chi connectivity index (χ2n) is 6.71. The van der Waals surface area contributed by atoms with E-state index in [0.29, 0.717) is 16.9 Å². The van der Waals surface area contributed by atoms with Gasteiger partial charge in [-0.3, -0.25) is 14.5 Å². The molecule has 0 aliphatic carbocycles. The molecule has 1 heterocycles. The third-order valence-electron chi connectivity index (χ3n) is 4.34. The van der Waals surface area contributed by atoms with Crippen molar-refractivity contribution in [3.63, 3.8) is 0 Å². The molecule has 0 bridgehead atoms. The van der Waals surface area contributed by atoms with Gasteiger partial charge in [-0.15, -0.1) is 0 Å². The number of nitrogens with one attached hydrogen (secondary N) is 1. The Balaban J connectivity index is 1.80. The number of hydrogen-bond donors (Lipinski definition) is 1. The number of fused-ring (bicyclic) bond motifs is 1. The first-order chi connectivity index (χ1) is 12.3. The molecule has 0 aromatic heterocycles. The number of anilines is 2. The molecule has 1 N–H and O–H groups in total. The van der Waals surface area contributed by atoms with Crippen molar-refractivity contribution >= 4 is 29.2 Å². The molecule has 6 heteroatoms. The van der Waals surface area contributed by atoms with E-state index in [2.05, 4.69) is 5.32 Å². The first kappa shape index (κ1) is 17.7. The van der Waals surface area contributed by atoms with Gasteiger partial charge >= 0.3 is 5.97 Å². The molecule has 0 fully saturated rings. The Morgan fingerprint density at radius 3 is 2.58 bits per heavy atom. The van der Waals surface area contributed by atoms with Gasteiger partial charge in [0, 0.05) is 0 Å². The second kappa shape index (κ2) is 6.63. The van der Waals surface area contributed by atoms with Crippen LogP contribution < -0.4 is 10.2 Å². The van der Waals surface area contributed by atoms with Crippen LogP contribution in [0.1, 0.15) is 29.8 Å². The van der Waals surface area contributed by atoms with Crippen molar-refractivity contribution < 1.29 is 19.1 Å². The zero-order chi connectivity index (χ0) is 18.9.